The molecule has 0 heterocycles. The molecule has 0 radical (unpaired) electrons. The number of rotatable bonds is 7. The van der Waals surface area contributed by atoms with Gasteiger partial charge in [-0.05, 0) is 50.1 Å². The molecule has 0 bridgehead atoms. The van der Waals surface area contributed by atoms with E-state index < -0.39 is 10.0 Å². The minimum Gasteiger partial charge on any atom is -0.316 e. The standard InChI is InChI=1S/C15H26N2O2S/c1-6-8-17(7-2)20(18,19)15-10-14(11-16-5)9-12(3)13(15)4/h9-10,16H,6-8,11H2,1-5H3. The predicted octanol–water partition coefficient (Wildman–Crippen LogP) is 2.44. The molecule has 1 N–H and O–H groups in total. The topological polar surface area (TPSA) is 49.4 Å². The highest BCUT2D eigenvalue weighted by Crippen LogP contribution is 2.24. The molecule has 4 nitrogen and oxygen atoms in total. The summed E-state index contributed by atoms with van der Waals surface area (Å²) in [7, 11) is -1.54. The van der Waals surface area contributed by atoms with Crippen LogP contribution < -0.4 is 5.32 Å². The molecule has 0 aliphatic rings. The van der Waals surface area contributed by atoms with Crippen LogP contribution in [0.5, 0.6) is 0 Å². The van der Waals surface area contributed by atoms with Crippen molar-refractivity contribution in [3.05, 3.63) is 28.8 Å². The lowest BCUT2D eigenvalue weighted by molar-refractivity contribution is 0.426. The van der Waals surface area contributed by atoms with Crippen LogP contribution in [-0.2, 0) is 16.6 Å². The van der Waals surface area contributed by atoms with Crippen molar-refractivity contribution in [3.63, 3.8) is 0 Å². The van der Waals surface area contributed by atoms with Gasteiger partial charge in [0.15, 0.2) is 0 Å². The predicted molar refractivity (Wildman–Crippen MR) is 83.4 cm³/mol. The molecule has 20 heavy (non-hydrogen) atoms. The van der Waals surface area contributed by atoms with E-state index in [4.69, 9.17) is 0 Å². The van der Waals surface area contributed by atoms with E-state index >= 15 is 0 Å². The number of nitrogens with zero attached hydrogens (tertiary/aromatic N) is 1. The Morgan fingerprint density at radius 2 is 1.85 bits per heavy atom. The van der Waals surface area contributed by atoms with Gasteiger partial charge in [-0.2, -0.15) is 4.31 Å². The van der Waals surface area contributed by atoms with E-state index in [-0.39, 0.29) is 0 Å². The van der Waals surface area contributed by atoms with Crippen LogP contribution in [0.1, 0.15) is 37.0 Å². The van der Waals surface area contributed by atoms with Crippen molar-refractivity contribution < 1.29 is 8.42 Å². The number of benzene rings is 1. The molecular weight excluding hydrogens is 272 g/mol. The molecular formula is C15H26N2O2S. The molecule has 0 spiro atoms. The van der Waals surface area contributed by atoms with Crippen LogP contribution >= 0.6 is 0 Å². The van der Waals surface area contributed by atoms with Crippen LogP contribution in [0, 0.1) is 13.8 Å². The molecule has 0 aliphatic heterocycles. The summed E-state index contributed by atoms with van der Waals surface area (Å²) in [5.41, 5.74) is 2.87. The zero-order valence-corrected chi connectivity index (χ0v) is 14.0. The van der Waals surface area contributed by atoms with Crippen molar-refractivity contribution in [2.75, 3.05) is 20.1 Å². The second-order valence-corrected chi connectivity index (χ2v) is 6.97. The van der Waals surface area contributed by atoms with Crippen molar-refractivity contribution in [2.24, 2.45) is 0 Å². The van der Waals surface area contributed by atoms with Crippen LogP contribution in [0.25, 0.3) is 0 Å². The molecule has 114 valence electrons. The number of aryl methyl sites for hydroxylation is 1. The summed E-state index contributed by atoms with van der Waals surface area (Å²) in [4.78, 5) is 0.443. The highest BCUT2D eigenvalue weighted by Gasteiger charge is 2.25. The van der Waals surface area contributed by atoms with Gasteiger partial charge in [0.05, 0.1) is 4.90 Å². The van der Waals surface area contributed by atoms with Crippen molar-refractivity contribution in [3.8, 4) is 0 Å². The molecule has 0 aromatic heterocycles. The van der Waals surface area contributed by atoms with Gasteiger partial charge in [0.2, 0.25) is 10.0 Å². The molecule has 5 heteroatoms. The summed E-state index contributed by atoms with van der Waals surface area (Å²) < 4.78 is 27.1. The van der Waals surface area contributed by atoms with Crippen LogP contribution in [0.3, 0.4) is 0 Å². The smallest absolute Gasteiger partial charge is 0.243 e. The SMILES string of the molecule is CCCN(CC)S(=O)(=O)c1cc(CNC)cc(C)c1C. The molecule has 0 saturated heterocycles. The third-order valence-electron chi connectivity index (χ3n) is 3.50. The molecule has 0 atom stereocenters. The van der Waals surface area contributed by atoms with E-state index in [1.54, 1.807) is 10.4 Å². The first kappa shape index (κ1) is 17.1. The molecule has 1 aromatic carbocycles. The van der Waals surface area contributed by atoms with E-state index in [1.807, 2.05) is 40.8 Å². The first-order chi connectivity index (χ1) is 9.38. The average molecular weight is 298 g/mol. The molecule has 1 rings (SSSR count). The van der Waals surface area contributed by atoms with E-state index in [9.17, 15) is 8.42 Å². The van der Waals surface area contributed by atoms with Crippen molar-refractivity contribution in [2.45, 2.75) is 45.6 Å². The molecule has 0 amide bonds. The quantitative estimate of drug-likeness (QED) is 0.841. The maximum Gasteiger partial charge on any atom is 0.243 e. The first-order valence-corrected chi connectivity index (χ1v) is 8.57. The average Bonchev–Trinajstić information content (AvgIpc) is 2.39. The first-order valence-electron chi connectivity index (χ1n) is 7.13. The Morgan fingerprint density at radius 3 is 2.35 bits per heavy atom. The monoisotopic (exact) mass is 298 g/mol. The lowest BCUT2D eigenvalue weighted by Gasteiger charge is -2.22. The van der Waals surface area contributed by atoms with Crippen molar-refractivity contribution in [1.82, 2.24) is 9.62 Å². The third kappa shape index (κ3) is 3.59. The van der Waals surface area contributed by atoms with Gasteiger partial charge < -0.3 is 5.32 Å². The minimum absolute atomic E-state index is 0.443. The number of nitrogens with one attached hydrogen (secondary N) is 1. The lowest BCUT2D eigenvalue weighted by atomic mass is 10.1. The van der Waals surface area contributed by atoms with E-state index in [0.717, 1.165) is 23.1 Å². The lowest BCUT2D eigenvalue weighted by Crippen LogP contribution is -2.32. The Morgan fingerprint density at radius 1 is 1.20 bits per heavy atom. The van der Waals surface area contributed by atoms with Gasteiger partial charge in [0.25, 0.3) is 0 Å². The third-order valence-corrected chi connectivity index (χ3v) is 5.60. The fourth-order valence-electron chi connectivity index (χ4n) is 2.31. The minimum atomic E-state index is -3.40. The van der Waals surface area contributed by atoms with Gasteiger partial charge in [-0.3, -0.25) is 0 Å². The summed E-state index contributed by atoms with van der Waals surface area (Å²) in [6.45, 7) is 9.46. The maximum absolute atomic E-state index is 12.8. The van der Waals surface area contributed by atoms with Gasteiger partial charge in [0.1, 0.15) is 0 Å². The molecule has 0 unspecified atom stereocenters. The maximum atomic E-state index is 12.8. The van der Waals surface area contributed by atoms with E-state index in [0.29, 0.717) is 24.5 Å². The Bertz CT molecular complexity index is 553. The summed E-state index contributed by atoms with van der Waals surface area (Å²) in [6, 6.07) is 3.84. The van der Waals surface area contributed by atoms with Crippen LogP contribution in [0.2, 0.25) is 0 Å². The number of sulfonamides is 1. The van der Waals surface area contributed by atoms with Gasteiger partial charge in [-0.1, -0.05) is 19.9 Å². The van der Waals surface area contributed by atoms with Crippen molar-refractivity contribution in [1.29, 1.82) is 0 Å². The van der Waals surface area contributed by atoms with Gasteiger partial charge in [-0.25, -0.2) is 8.42 Å². The van der Waals surface area contributed by atoms with E-state index in [1.165, 1.54) is 0 Å². The highest BCUT2D eigenvalue weighted by atomic mass is 32.2. The summed E-state index contributed by atoms with van der Waals surface area (Å²) in [5.74, 6) is 0. The second-order valence-electron chi connectivity index (χ2n) is 5.06. The molecule has 1 aromatic rings. The largest absolute Gasteiger partial charge is 0.316 e. The Kier molecular flexibility index (Phi) is 6.17. The van der Waals surface area contributed by atoms with Gasteiger partial charge in [-0.15, -0.1) is 0 Å². The second kappa shape index (κ2) is 7.20. The highest BCUT2D eigenvalue weighted by molar-refractivity contribution is 7.89. The van der Waals surface area contributed by atoms with E-state index in [2.05, 4.69) is 5.32 Å². The number of hydrogen-bond donors (Lipinski definition) is 1. The van der Waals surface area contributed by atoms with Gasteiger partial charge in [0, 0.05) is 19.6 Å². The summed E-state index contributed by atoms with van der Waals surface area (Å²) in [6.07, 6.45) is 0.821. The normalized spacial score (nSPS) is 12.1. The zero-order valence-electron chi connectivity index (χ0n) is 13.2. The summed E-state index contributed by atoms with van der Waals surface area (Å²) in [5, 5.41) is 3.07. The van der Waals surface area contributed by atoms with Crippen LogP contribution in [0.15, 0.2) is 17.0 Å². The molecule has 0 aliphatic carbocycles. The van der Waals surface area contributed by atoms with Crippen molar-refractivity contribution >= 4 is 10.0 Å². The molecule has 0 saturated carbocycles. The summed E-state index contributed by atoms with van der Waals surface area (Å²) >= 11 is 0. The Labute approximate surface area is 123 Å². The fourth-order valence-corrected chi connectivity index (χ4v) is 4.20. The Hall–Kier alpha value is -0.910. The van der Waals surface area contributed by atoms with Crippen LogP contribution in [0.4, 0.5) is 0 Å². The number of hydrogen-bond acceptors (Lipinski definition) is 3. The molecule has 0 fully saturated rings. The fraction of sp³-hybridized carbons (Fsp3) is 0.600. The van der Waals surface area contributed by atoms with Gasteiger partial charge >= 0.3 is 0 Å². The Balaban J connectivity index is 3.36. The van der Waals surface area contributed by atoms with Crippen LogP contribution in [-0.4, -0.2) is 32.9 Å². The zero-order chi connectivity index (χ0) is 15.3.